The van der Waals surface area contributed by atoms with E-state index in [9.17, 15) is 18.8 Å². The molecule has 3 rings (SSSR count). The van der Waals surface area contributed by atoms with Crippen LogP contribution in [0, 0.1) is 5.82 Å². The number of para-hydroxylation sites is 1. The van der Waals surface area contributed by atoms with Gasteiger partial charge in [-0.2, -0.15) is 0 Å². The lowest BCUT2D eigenvalue weighted by atomic mass is 10.1. The molecular formula is C21H18FN3O3. The Labute approximate surface area is 161 Å². The van der Waals surface area contributed by atoms with Gasteiger partial charge in [0.2, 0.25) is 5.91 Å². The third kappa shape index (κ3) is 4.70. The van der Waals surface area contributed by atoms with E-state index < -0.39 is 17.6 Å². The summed E-state index contributed by atoms with van der Waals surface area (Å²) in [5.41, 5.74) is 6.06. The topological polar surface area (TPSA) is 80.2 Å². The van der Waals surface area contributed by atoms with Crippen molar-refractivity contribution < 1.29 is 18.8 Å². The number of nitrogens with one attached hydrogen (secondary N) is 2. The number of halogens is 1. The van der Waals surface area contributed by atoms with Gasteiger partial charge in [0.05, 0.1) is 11.3 Å². The Bertz CT molecular complexity index is 982. The highest BCUT2D eigenvalue weighted by Crippen LogP contribution is 2.14. The minimum absolute atomic E-state index is 0.0483. The summed E-state index contributed by atoms with van der Waals surface area (Å²) in [6.07, 6.45) is 3.47. The van der Waals surface area contributed by atoms with Gasteiger partial charge in [0.25, 0.3) is 5.91 Å². The van der Waals surface area contributed by atoms with Crippen LogP contribution in [0.2, 0.25) is 0 Å². The lowest BCUT2D eigenvalue weighted by molar-refractivity contribution is -0.121. The van der Waals surface area contributed by atoms with Gasteiger partial charge in [0, 0.05) is 30.8 Å². The van der Waals surface area contributed by atoms with E-state index in [0.29, 0.717) is 16.8 Å². The van der Waals surface area contributed by atoms with Crippen LogP contribution in [0.3, 0.4) is 0 Å². The molecule has 0 fully saturated rings. The normalized spacial score (nSPS) is 10.3. The van der Waals surface area contributed by atoms with Crippen molar-refractivity contribution in [2.45, 2.75) is 12.8 Å². The van der Waals surface area contributed by atoms with E-state index in [2.05, 4.69) is 10.9 Å². The summed E-state index contributed by atoms with van der Waals surface area (Å²) in [6.45, 7) is 0. The standard InChI is InChI=1S/C21H18FN3O3/c22-16-9-7-15(8-10-16)19(26)11-12-20(27)23-24-21(28)17-5-1-2-6-18(17)25-13-3-4-14-25/h1-10,13-14H,11-12H2,(H,23,27)(H,24,28). The number of aromatic nitrogens is 1. The van der Waals surface area contributed by atoms with Gasteiger partial charge in [-0.15, -0.1) is 0 Å². The van der Waals surface area contributed by atoms with E-state index in [1.165, 1.54) is 24.3 Å². The van der Waals surface area contributed by atoms with Crippen LogP contribution in [-0.2, 0) is 4.79 Å². The first-order valence-corrected chi connectivity index (χ1v) is 8.65. The van der Waals surface area contributed by atoms with Gasteiger partial charge in [0.1, 0.15) is 5.82 Å². The molecular weight excluding hydrogens is 361 g/mol. The Morgan fingerprint density at radius 3 is 2.21 bits per heavy atom. The molecule has 0 aliphatic heterocycles. The Hall–Kier alpha value is -3.74. The van der Waals surface area contributed by atoms with Crippen molar-refractivity contribution in [2.24, 2.45) is 0 Å². The minimum atomic E-state index is -0.498. The van der Waals surface area contributed by atoms with Crippen LogP contribution in [0.4, 0.5) is 4.39 Å². The molecule has 28 heavy (non-hydrogen) atoms. The summed E-state index contributed by atoms with van der Waals surface area (Å²) >= 11 is 0. The van der Waals surface area contributed by atoms with Crippen LogP contribution in [0.15, 0.2) is 73.1 Å². The number of hydrazine groups is 1. The molecule has 2 amide bonds. The van der Waals surface area contributed by atoms with E-state index in [4.69, 9.17) is 0 Å². The summed E-state index contributed by atoms with van der Waals surface area (Å²) in [7, 11) is 0. The second kappa shape index (κ2) is 8.77. The molecule has 0 bridgehead atoms. The quantitative estimate of drug-likeness (QED) is 0.510. The lowest BCUT2D eigenvalue weighted by Gasteiger charge is -2.11. The van der Waals surface area contributed by atoms with Gasteiger partial charge < -0.3 is 4.57 Å². The highest BCUT2D eigenvalue weighted by Gasteiger charge is 2.14. The summed E-state index contributed by atoms with van der Waals surface area (Å²) < 4.78 is 14.7. The van der Waals surface area contributed by atoms with E-state index in [1.807, 2.05) is 30.6 Å². The van der Waals surface area contributed by atoms with Crippen molar-refractivity contribution in [3.8, 4) is 5.69 Å². The molecule has 0 saturated heterocycles. The first-order chi connectivity index (χ1) is 13.5. The second-order valence-corrected chi connectivity index (χ2v) is 6.04. The summed E-state index contributed by atoms with van der Waals surface area (Å²) in [5.74, 6) is -1.68. The molecule has 2 aromatic carbocycles. The van der Waals surface area contributed by atoms with E-state index in [0.717, 1.165) is 0 Å². The number of hydrogen-bond acceptors (Lipinski definition) is 3. The maximum Gasteiger partial charge on any atom is 0.271 e. The molecule has 1 aromatic heterocycles. The zero-order valence-corrected chi connectivity index (χ0v) is 14.9. The number of nitrogens with zero attached hydrogens (tertiary/aromatic N) is 1. The first kappa shape index (κ1) is 19.0. The zero-order valence-electron chi connectivity index (χ0n) is 14.9. The first-order valence-electron chi connectivity index (χ1n) is 8.65. The SMILES string of the molecule is O=C(CCC(=O)c1ccc(F)cc1)NNC(=O)c1ccccc1-n1cccc1. The van der Waals surface area contributed by atoms with Gasteiger partial charge in [0.15, 0.2) is 5.78 Å². The van der Waals surface area contributed by atoms with Crippen LogP contribution in [-0.4, -0.2) is 22.2 Å². The van der Waals surface area contributed by atoms with Crippen molar-refractivity contribution in [1.29, 1.82) is 0 Å². The molecule has 0 aliphatic carbocycles. The Balaban J connectivity index is 1.53. The molecule has 0 unspecified atom stereocenters. The third-order valence-corrected chi connectivity index (χ3v) is 4.09. The zero-order chi connectivity index (χ0) is 19.9. The number of ketones is 1. The molecule has 0 atom stereocenters. The molecule has 0 spiro atoms. The Kier molecular flexibility index (Phi) is 5.96. The predicted octanol–water partition coefficient (Wildman–Crippen LogP) is 3.04. The maximum atomic E-state index is 12.9. The van der Waals surface area contributed by atoms with Crippen LogP contribution < -0.4 is 10.9 Å². The molecule has 6 nitrogen and oxygen atoms in total. The highest BCUT2D eigenvalue weighted by molar-refractivity contribution is 6.00. The number of carbonyl (C=O) groups excluding carboxylic acids is 3. The van der Waals surface area contributed by atoms with Crippen LogP contribution >= 0.6 is 0 Å². The Morgan fingerprint density at radius 2 is 1.50 bits per heavy atom. The number of rotatable bonds is 6. The fourth-order valence-corrected chi connectivity index (χ4v) is 2.65. The average Bonchev–Trinajstić information content (AvgIpc) is 3.25. The second-order valence-electron chi connectivity index (χ2n) is 6.04. The van der Waals surface area contributed by atoms with Crippen LogP contribution in [0.1, 0.15) is 33.6 Å². The average molecular weight is 379 g/mol. The third-order valence-electron chi connectivity index (χ3n) is 4.09. The lowest BCUT2D eigenvalue weighted by Crippen LogP contribution is -2.42. The molecule has 1 heterocycles. The number of hydrogen-bond donors (Lipinski definition) is 2. The fraction of sp³-hybridized carbons (Fsp3) is 0.0952. The van der Waals surface area contributed by atoms with Crippen molar-refractivity contribution >= 4 is 17.6 Å². The fourth-order valence-electron chi connectivity index (χ4n) is 2.65. The molecule has 0 saturated carbocycles. The molecule has 2 N–H and O–H groups in total. The molecule has 0 radical (unpaired) electrons. The van der Waals surface area contributed by atoms with Gasteiger partial charge >= 0.3 is 0 Å². The predicted molar refractivity (Wildman–Crippen MR) is 101 cm³/mol. The van der Waals surface area contributed by atoms with Gasteiger partial charge in [-0.1, -0.05) is 12.1 Å². The molecule has 142 valence electrons. The van der Waals surface area contributed by atoms with Gasteiger partial charge in [-0.25, -0.2) is 4.39 Å². The summed E-state index contributed by atoms with van der Waals surface area (Å²) in [5, 5.41) is 0. The monoisotopic (exact) mass is 379 g/mol. The van der Waals surface area contributed by atoms with Gasteiger partial charge in [-0.05, 0) is 48.5 Å². The van der Waals surface area contributed by atoms with E-state index in [1.54, 1.807) is 22.8 Å². The van der Waals surface area contributed by atoms with Crippen molar-refractivity contribution in [1.82, 2.24) is 15.4 Å². The van der Waals surface area contributed by atoms with Crippen LogP contribution in [0.25, 0.3) is 5.69 Å². The number of carbonyl (C=O) groups is 3. The van der Waals surface area contributed by atoms with E-state index >= 15 is 0 Å². The van der Waals surface area contributed by atoms with Gasteiger partial charge in [-0.3, -0.25) is 25.2 Å². The minimum Gasteiger partial charge on any atom is -0.323 e. The maximum absolute atomic E-state index is 12.9. The highest BCUT2D eigenvalue weighted by atomic mass is 19.1. The Morgan fingerprint density at radius 1 is 0.821 bits per heavy atom. The summed E-state index contributed by atoms with van der Waals surface area (Å²) in [6, 6.07) is 15.8. The molecule has 0 aliphatic rings. The molecule has 3 aromatic rings. The van der Waals surface area contributed by atoms with E-state index in [-0.39, 0.29) is 18.6 Å². The number of Topliss-reactive ketones (excluding diaryl/α,β-unsaturated/α-hetero) is 1. The van der Waals surface area contributed by atoms with Crippen molar-refractivity contribution in [3.05, 3.63) is 90.0 Å². The largest absolute Gasteiger partial charge is 0.323 e. The van der Waals surface area contributed by atoms with Crippen molar-refractivity contribution in [3.63, 3.8) is 0 Å². The van der Waals surface area contributed by atoms with Crippen LogP contribution in [0.5, 0.6) is 0 Å². The summed E-state index contributed by atoms with van der Waals surface area (Å²) in [4.78, 5) is 36.4. The number of amides is 2. The molecule has 7 heteroatoms. The number of benzene rings is 2. The van der Waals surface area contributed by atoms with Crippen molar-refractivity contribution in [2.75, 3.05) is 0 Å². The smallest absolute Gasteiger partial charge is 0.271 e.